The summed E-state index contributed by atoms with van der Waals surface area (Å²) >= 11 is 1.44. The number of rotatable bonds is 3. The van der Waals surface area contributed by atoms with Gasteiger partial charge in [-0.2, -0.15) is 0 Å². The molecule has 0 bridgehead atoms. The van der Waals surface area contributed by atoms with E-state index in [-0.39, 0.29) is 12.2 Å². The molecule has 0 atom stereocenters. The van der Waals surface area contributed by atoms with Crippen LogP contribution >= 0.6 is 11.3 Å². The van der Waals surface area contributed by atoms with Crippen LogP contribution in [0.5, 0.6) is 0 Å². The molecule has 0 aliphatic carbocycles. The van der Waals surface area contributed by atoms with Crippen LogP contribution in [0, 0.1) is 0 Å². The second-order valence-corrected chi connectivity index (χ2v) is 4.03. The van der Waals surface area contributed by atoms with E-state index >= 15 is 0 Å². The highest BCUT2D eigenvalue weighted by Crippen LogP contribution is 2.25. The Morgan fingerprint density at radius 2 is 2.14 bits per heavy atom. The highest BCUT2D eigenvalue weighted by atomic mass is 32.1. The topological polar surface area (TPSA) is 34.1 Å². The van der Waals surface area contributed by atoms with Crippen molar-refractivity contribution < 1.29 is 9.59 Å². The Hall–Kier alpha value is -1.48. The zero-order valence-electron chi connectivity index (χ0n) is 7.40. The molecule has 0 aliphatic heterocycles. The molecular formula is C11H8O2S. The molecule has 70 valence electrons. The van der Waals surface area contributed by atoms with Crippen molar-refractivity contribution in [3.8, 4) is 0 Å². The summed E-state index contributed by atoms with van der Waals surface area (Å²) in [5, 5.41) is 1.06. The number of hydrogen-bond donors (Lipinski definition) is 0. The molecule has 3 heteroatoms. The fourth-order valence-corrected chi connectivity index (χ4v) is 2.31. The summed E-state index contributed by atoms with van der Waals surface area (Å²) in [5.41, 5.74) is 0. The van der Waals surface area contributed by atoms with Crippen LogP contribution in [0.2, 0.25) is 0 Å². The zero-order chi connectivity index (χ0) is 9.97. The molecular weight excluding hydrogens is 196 g/mol. The number of thiophene rings is 1. The van der Waals surface area contributed by atoms with Crippen molar-refractivity contribution in [3.63, 3.8) is 0 Å². The predicted octanol–water partition coefficient (Wildman–Crippen LogP) is 2.67. The Bertz CT molecular complexity index is 452. The molecule has 0 amide bonds. The molecule has 2 aromatic rings. The fourth-order valence-electron chi connectivity index (χ4n) is 1.30. The van der Waals surface area contributed by atoms with E-state index in [4.69, 9.17) is 0 Å². The third kappa shape index (κ3) is 1.59. The Labute approximate surface area is 85.2 Å². The minimum atomic E-state index is -0.0961. The van der Waals surface area contributed by atoms with E-state index in [0.29, 0.717) is 11.2 Å². The van der Waals surface area contributed by atoms with E-state index < -0.39 is 0 Å². The predicted molar refractivity (Wildman–Crippen MR) is 56.8 cm³/mol. The van der Waals surface area contributed by atoms with Crippen molar-refractivity contribution in [2.75, 3.05) is 0 Å². The summed E-state index contributed by atoms with van der Waals surface area (Å²) in [6, 6.07) is 9.64. The van der Waals surface area contributed by atoms with Crippen LogP contribution in [0.3, 0.4) is 0 Å². The second-order valence-electron chi connectivity index (χ2n) is 2.94. The van der Waals surface area contributed by atoms with Crippen LogP contribution in [-0.2, 0) is 4.79 Å². The van der Waals surface area contributed by atoms with Crippen molar-refractivity contribution in [1.82, 2.24) is 0 Å². The molecule has 0 saturated heterocycles. The van der Waals surface area contributed by atoms with E-state index in [9.17, 15) is 9.59 Å². The van der Waals surface area contributed by atoms with E-state index in [1.54, 1.807) is 0 Å². The molecule has 1 aromatic carbocycles. The van der Waals surface area contributed by atoms with Crippen LogP contribution < -0.4 is 0 Å². The van der Waals surface area contributed by atoms with E-state index in [0.717, 1.165) is 10.1 Å². The van der Waals surface area contributed by atoms with Gasteiger partial charge in [0, 0.05) is 4.70 Å². The van der Waals surface area contributed by atoms with Crippen molar-refractivity contribution in [2.45, 2.75) is 6.42 Å². The SMILES string of the molecule is O=CCC(=O)c1cc2ccccc2s1. The number of fused-ring (bicyclic) bond motifs is 1. The van der Waals surface area contributed by atoms with Gasteiger partial charge in [0.15, 0.2) is 5.78 Å². The number of carbonyl (C=O) groups is 2. The van der Waals surface area contributed by atoms with Crippen LogP contribution in [0.15, 0.2) is 30.3 Å². The Balaban J connectivity index is 2.44. The van der Waals surface area contributed by atoms with Crippen molar-refractivity contribution in [1.29, 1.82) is 0 Å². The number of Topliss-reactive ketones (excluding diaryl/α,β-unsaturated/α-hetero) is 1. The summed E-state index contributed by atoms with van der Waals surface area (Å²) in [5.74, 6) is -0.0961. The first kappa shape index (κ1) is 9.09. The second kappa shape index (κ2) is 3.72. The lowest BCUT2D eigenvalue weighted by Gasteiger charge is -1.86. The van der Waals surface area contributed by atoms with Gasteiger partial charge >= 0.3 is 0 Å². The molecule has 0 radical (unpaired) electrons. The molecule has 2 rings (SSSR count). The van der Waals surface area contributed by atoms with E-state index in [2.05, 4.69) is 0 Å². The maximum absolute atomic E-state index is 11.4. The number of aldehydes is 1. The Morgan fingerprint density at radius 3 is 2.86 bits per heavy atom. The monoisotopic (exact) mass is 204 g/mol. The summed E-state index contributed by atoms with van der Waals surface area (Å²) in [4.78, 5) is 22.2. The summed E-state index contributed by atoms with van der Waals surface area (Å²) in [6.45, 7) is 0. The van der Waals surface area contributed by atoms with Crippen LogP contribution in [0.25, 0.3) is 10.1 Å². The fraction of sp³-hybridized carbons (Fsp3) is 0.0909. The third-order valence-electron chi connectivity index (χ3n) is 1.97. The van der Waals surface area contributed by atoms with Crippen LogP contribution in [-0.4, -0.2) is 12.1 Å². The minimum absolute atomic E-state index is 0.0210. The molecule has 1 aromatic heterocycles. The highest BCUT2D eigenvalue weighted by molar-refractivity contribution is 7.20. The van der Waals surface area contributed by atoms with E-state index in [1.165, 1.54) is 11.3 Å². The maximum Gasteiger partial charge on any atom is 0.179 e. The molecule has 2 nitrogen and oxygen atoms in total. The van der Waals surface area contributed by atoms with Gasteiger partial charge in [-0.3, -0.25) is 4.79 Å². The Morgan fingerprint density at radius 1 is 1.36 bits per heavy atom. The highest BCUT2D eigenvalue weighted by Gasteiger charge is 2.08. The van der Waals surface area contributed by atoms with Gasteiger partial charge in [0.25, 0.3) is 0 Å². The van der Waals surface area contributed by atoms with Crippen LogP contribution in [0.1, 0.15) is 16.1 Å². The molecule has 0 aliphatic rings. The summed E-state index contributed by atoms with van der Waals surface area (Å²) in [6.07, 6.45) is 0.625. The number of benzene rings is 1. The van der Waals surface area contributed by atoms with Gasteiger partial charge in [0.2, 0.25) is 0 Å². The van der Waals surface area contributed by atoms with Crippen LogP contribution in [0.4, 0.5) is 0 Å². The number of ketones is 1. The lowest BCUT2D eigenvalue weighted by molar-refractivity contribution is -0.107. The van der Waals surface area contributed by atoms with Gasteiger partial charge in [-0.15, -0.1) is 11.3 Å². The quantitative estimate of drug-likeness (QED) is 0.437. The van der Waals surface area contributed by atoms with Gasteiger partial charge in [-0.25, -0.2) is 0 Å². The largest absolute Gasteiger partial charge is 0.303 e. The molecule has 0 N–H and O–H groups in total. The van der Waals surface area contributed by atoms with E-state index in [1.807, 2.05) is 30.3 Å². The molecule has 0 fully saturated rings. The number of carbonyl (C=O) groups excluding carboxylic acids is 2. The molecule has 0 unspecified atom stereocenters. The smallest absolute Gasteiger partial charge is 0.179 e. The maximum atomic E-state index is 11.4. The first-order valence-electron chi connectivity index (χ1n) is 4.26. The van der Waals surface area contributed by atoms with Gasteiger partial charge in [-0.1, -0.05) is 18.2 Å². The van der Waals surface area contributed by atoms with Gasteiger partial charge < -0.3 is 4.79 Å². The average molecular weight is 204 g/mol. The first-order chi connectivity index (χ1) is 6.81. The standard InChI is InChI=1S/C11H8O2S/c12-6-5-9(13)11-7-8-3-1-2-4-10(8)14-11/h1-4,6-7H,5H2. The normalized spacial score (nSPS) is 10.3. The van der Waals surface area contributed by atoms with Gasteiger partial charge in [0.05, 0.1) is 11.3 Å². The van der Waals surface area contributed by atoms with Gasteiger partial charge in [0.1, 0.15) is 6.29 Å². The molecule has 0 spiro atoms. The van der Waals surface area contributed by atoms with Gasteiger partial charge in [-0.05, 0) is 17.5 Å². The molecule has 1 heterocycles. The van der Waals surface area contributed by atoms with Crippen molar-refractivity contribution >= 4 is 33.5 Å². The molecule has 14 heavy (non-hydrogen) atoms. The average Bonchev–Trinajstić information content (AvgIpc) is 2.61. The summed E-state index contributed by atoms with van der Waals surface area (Å²) < 4.78 is 1.08. The Kier molecular flexibility index (Phi) is 2.41. The first-order valence-corrected chi connectivity index (χ1v) is 5.08. The lowest BCUT2D eigenvalue weighted by Crippen LogP contribution is -1.95. The summed E-state index contributed by atoms with van der Waals surface area (Å²) in [7, 11) is 0. The molecule has 0 saturated carbocycles. The zero-order valence-corrected chi connectivity index (χ0v) is 8.21. The third-order valence-corrected chi connectivity index (χ3v) is 3.13. The lowest BCUT2D eigenvalue weighted by atomic mass is 10.2. The minimum Gasteiger partial charge on any atom is -0.303 e. The van der Waals surface area contributed by atoms with Crippen molar-refractivity contribution in [3.05, 3.63) is 35.2 Å². The number of hydrogen-bond acceptors (Lipinski definition) is 3. The van der Waals surface area contributed by atoms with Crippen molar-refractivity contribution in [2.24, 2.45) is 0 Å².